The van der Waals surface area contributed by atoms with Crippen LogP contribution in [0, 0.1) is 0 Å². The Morgan fingerprint density at radius 2 is 1.62 bits per heavy atom. The van der Waals surface area contributed by atoms with Crippen LogP contribution in [0.5, 0.6) is 0 Å². The molecule has 0 saturated heterocycles. The Labute approximate surface area is 131 Å². The van der Waals surface area contributed by atoms with E-state index >= 15 is 0 Å². The van der Waals surface area contributed by atoms with Crippen molar-refractivity contribution >= 4 is 44.8 Å². The molecule has 0 saturated carbocycles. The van der Waals surface area contributed by atoms with Crippen molar-refractivity contribution in [2.75, 3.05) is 5.32 Å². The van der Waals surface area contributed by atoms with Crippen LogP contribution in [-0.4, -0.2) is 14.3 Å². The summed E-state index contributed by atoms with van der Waals surface area (Å²) in [6.07, 6.45) is 0. The molecule has 0 aromatic heterocycles. The highest BCUT2D eigenvalue weighted by atomic mass is 35.5. The number of amides is 1. The molecule has 2 aromatic carbocycles. The number of carbonyl (C=O) groups excluding carboxylic acids is 1. The second-order valence-electron chi connectivity index (χ2n) is 4.12. The maximum absolute atomic E-state index is 12.2. The van der Waals surface area contributed by atoms with E-state index in [1.54, 1.807) is 6.07 Å². The number of rotatable bonds is 3. The van der Waals surface area contributed by atoms with Crippen molar-refractivity contribution in [1.82, 2.24) is 0 Å². The van der Waals surface area contributed by atoms with Crippen LogP contribution in [0.2, 0.25) is 10.0 Å². The molecule has 1 amide bonds. The Bertz CT molecular complexity index is 787. The Hall–Kier alpha value is -1.60. The standard InChI is InChI=1S/C13H10Cl2N2O3S/c14-10-5-2-6-11(15)12(10)13(18)17-8-3-1-4-9(7-8)21(16,19)20/h1-7H,(H,17,18)(H2,16,19,20). The van der Waals surface area contributed by atoms with Crippen LogP contribution < -0.4 is 10.5 Å². The van der Waals surface area contributed by atoms with Crippen LogP contribution in [0.3, 0.4) is 0 Å². The first-order valence-corrected chi connectivity index (χ1v) is 7.97. The smallest absolute Gasteiger partial charge is 0.258 e. The molecule has 2 aromatic rings. The largest absolute Gasteiger partial charge is 0.322 e. The lowest BCUT2D eigenvalue weighted by atomic mass is 10.2. The third kappa shape index (κ3) is 3.74. The van der Waals surface area contributed by atoms with Crippen molar-refractivity contribution in [3.8, 4) is 0 Å². The number of primary sulfonamides is 1. The van der Waals surface area contributed by atoms with Crippen LogP contribution in [0.4, 0.5) is 5.69 Å². The maximum atomic E-state index is 12.2. The van der Waals surface area contributed by atoms with Crippen molar-refractivity contribution in [2.45, 2.75) is 4.90 Å². The van der Waals surface area contributed by atoms with E-state index in [0.29, 0.717) is 0 Å². The molecule has 0 aliphatic carbocycles. The maximum Gasteiger partial charge on any atom is 0.258 e. The van der Waals surface area contributed by atoms with Gasteiger partial charge in [-0.3, -0.25) is 4.79 Å². The summed E-state index contributed by atoms with van der Waals surface area (Å²) in [6, 6.07) is 10.2. The predicted molar refractivity (Wildman–Crippen MR) is 82.2 cm³/mol. The molecule has 2 rings (SSSR count). The van der Waals surface area contributed by atoms with Gasteiger partial charge in [0.2, 0.25) is 10.0 Å². The molecule has 0 radical (unpaired) electrons. The molecule has 0 unspecified atom stereocenters. The average Bonchev–Trinajstić information content (AvgIpc) is 2.37. The summed E-state index contributed by atoms with van der Waals surface area (Å²) in [5.41, 5.74) is 0.379. The van der Waals surface area contributed by atoms with Crippen molar-refractivity contribution in [3.63, 3.8) is 0 Å². The van der Waals surface area contributed by atoms with Crippen molar-refractivity contribution in [2.24, 2.45) is 5.14 Å². The van der Waals surface area contributed by atoms with Gasteiger partial charge in [0.05, 0.1) is 20.5 Å². The van der Waals surface area contributed by atoms with Gasteiger partial charge in [0.25, 0.3) is 5.91 Å². The third-order valence-electron chi connectivity index (χ3n) is 2.61. The number of hydrogen-bond acceptors (Lipinski definition) is 3. The van der Waals surface area contributed by atoms with Crippen molar-refractivity contribution in [3.05, 3.63) is 58.1 Å². The number of nitrogens with two attached hydrogens (primary N) is 1. The van der Waals surface area contributed by atoms with Gasteiger partial charge in [0, 0.05) is 5.69 Å². The number of anilines is 1. The van der Waals surface area contributed by atoms with Gasteiger partial charge in [0.1, 0.15) is 0 Å². The lowest BCUT2D eigenvalue weighted by Gasteiger charge is -2.09. The highest BCUT2D eigenvalue weighted by molar-refractivity contribution is 7.89. The summed E-state index contributed by atoms with van der Waals surface area (Å²) in [5, 5.41) is 7.95. The summed E-state index contributed by atoms with van der Waals surface area (Å²) in [4.78, 5) is 12.1. The van der Waals surface area contributed by atoms with E-state index in [1.807, 2.05) is 0 Å². The van der Waals surface area contributed by atoms with Gasteiger partial charge in [-0.25, -0.2) is 13.6 Å². The molecule has 8 heteroatoms. The van der Waals surface area contributed by atoms with E-state index in [4.69, 9.17) is 28.3 Å². The summed E-state index contributed by atoms with van der Waals surface area (Å²) < 4.78 is 22.5. The number of benzene rings is 2. The van der Waals surface area contributed by atoms with Crippen LogP contribution >= 0.6 is 23.2 Å². The minimum Gasteiger partial charge on any atom is -0.322 e. The van der Waals surface area contributed by atoms with Gasteiger partial charge < -0.3 is 5.32 Å². The van der Waals surface area contributed by atoms with Crippen LogP contribution in [-0.2, 0) is 10.0 Å². The van der Waals surface area contributed by atoms with E-state index in [1.165, 1.54) is 36.4 Å². The fourth-order valence-electron chi connectivity index (χ4n) is 1.66. The number of carbonyl (C=O) groups is 1. The Morgan fingerprint density at radius 1 is 1.05 bits per heavy atom. The normalized spacial score (nSPS) is 11.2. The van der Waals surface area contributed by atoms with Crippen LogP contribution in [0.15, 0.2) is 47.4 Å². The molecule has 0 aliphatic heterocycles. The second-order valence-corrected chi connectivity index (χ2v) is 6.50. The summed E-state index contributed by atoms with van der Waals surface area (Å²) >= 11 is 11.9. The number of sulfonamides is 1. The lowest BCUT2D eigenvalue weighted by molar-refractivity contribution is 0.102. The fraction of sp³-hybridized carbons (Fsp3) is 0. The molecule has 0 bridgehead atoms. The molecule has 5 nitrogen and oxygen atoms in total. The molecule has 0 spiro atoms. The highest BCUT2D eigenvalue weighted by Gasteiger charge is 2.15. The minimum absolute atomic E-state index is 0.106. The molecular formula is C13H10Cl2N2O3S. The Kier molecular flexibility index (Phi) is 4.53. The van der Waals surface area contributed by atoms with Crippen molar-refractivity contribution < 1.29 is 13.2 Å². The molecule has 21 heavy (non-hydrogen) atoms. The van der Waals surface area contributed by atoms with Gasteiger partial charge in [-0.1, -0.05) is 35.3 Å². The van der Waals surface area contributed by atoms with Gasteiger partial charge in [-0.2, -0.15) is 0 Å². The molecule has 0 aliphatic rings. The lowest BCUT2D eigenvalue weighted by Crippen LogP contribution is -2.15. The summed E-state index contributed by atoms with van der Waals surface area (Å²) in [5.74, 6) is -0.544. The molecule has 0 fully saturated rings. The monoisotopic (exact) mass is 344 g/mol. The van der Waals surface area contributed by atoms with Crippen LogP contribution in [0.1, 0.15) is 10.4 Å². The quantitative estimate of drug-likeness (QED) is 0.896. The molecule has 110 valence electrons. The first-order chi connectivity index (χ1) is 9.79. The zero-order chi connectivity index (χ0) is 15.6. The minimum atomic E-state index is -3.85. The van der Waals surface area contributed by atoms with Gasteiger partial charge in [0.15, 0.2) is 0 Å². The summed E-state index contributed by atoms with van der Waals surface area (Å²) in [6.45, 7) is 0. The van der Waals surface area contributed by atoms with Gasteiger partial charge >= 0.3 is 0 Å². The number of halogens is 2. The first kappa shape index (κ1) is 15.8. The summed E-state index contributed by atoms with van der Waals surface area (Å²) in [7, 11) is -3.85. The topological polar surface area (TPSA) is 89.3 Å². The van der Waals surface area contributed by atoms with E-state index < -0.39 is 15.9 Å². The first-order valence-electron chi connectivity index (χ1n) is 5.67. The molecule has 0 heterocycles. The molecule has 0 atom stereocenters. The zero-order valence-corrected chi connectivity index (χ0v) is 12.8. The third-order valence-corrected chi connectivity index (χ3v) is 4.15. The van der Waals surface area contributed by atoms with Gasteiger partial charge in [-0.05, 0) is 30.3 Å². The average molecular weight is 345 g/mol. The van der Waals surface area contributed by atoms with Gasteiger partial charge in [-0.15, -0.1) is 0 Å². The molecular weight excluding hydrogens is 335 g/mol. The predicted octanol–water partition coefficient (Wildman–Crippen LogP) is 2.89. The Morgan fingerprint density at radius 3 is 2.19 bits per heavy atom. The van der Waals surface area contributed by atoms with E-state index in [9.17, 15) is 13.2 Å². The zero-order valence-electron chi connectivity index (χ0n) is 10.5. The van der Waals surface area contributed by atoms with Crippen molar-refractivity contribution in [1.29, 1.82) is 0 Å². The van der Waals surface area contributed by atoms with Crippen LogP contribution in [0.25, 0.3) is 0 Å². The SMILES string of the molecule is NS(=O)(=O)c1cccc(NC(=O)c2c(Cl)cccc2Cl)c1. The van der Waals surface area contributed by atoms with E-state index in [2.05, 4.69) is 5.32 Å². The highest BCUT2D eigenvalue weighted by Crippen LogP contribution is 2.25. The van der Waals surface area contributed by atoms with E-state index in [0.717, 1.165) is 0 Å². The second kappa shape index (κ2) is 6.03. The molecule has 3 N–H and O–H groups in total. The fourth-order valence-corrected chi connectivity index (χ4v) is 2.79. The number of hydrogen-bond donors (Lipinski definition) is 2. The Balaban J connectivity index is 2.33. The number of nitrogens with one attached hydrogen (secondary N) is 1. The van der Waals surface area contributed by atoms with E-state index in [-0.39, 0.29) is 26.2 Å².